The van der Waals surface area contributed by atoms with Crippen molar-refractivity contribution in [3.05, 3.63) is 59.9 Å². The number of likely N-dealkylation sites (tertiary alicyclic amines) is 1. The Morgan fingerprint density at radius 1 is 1.10 bits per heavy atom. The molecule has 2 aromatic carbocycles. The molecule has 0 aliphatic carbocycles. The lowest BCUT2D eigenvalue weighted by atomic mass is 10.1. The van der Waals surface area contributed by atoms with E-state index >= 15 is 0 Å². The first-order valence-electron chi connectivity index (χ1n) is 9.72. The van der Waals surface area contributed by atoms with E-state index in [1.807, 2.05) is 0 Å². The standard InChI is InChI=1S/C22H24FN3O3/c1-2-3-11-26-14-16(12-20(26)27)22(29)24-18-9-7-15(8-10-18)21(28)25-19-6-4-5-17(23)13-19/h4-10,13,16H,2-3,11-12,14H2,1H3,(H,24,29)(H,25,28)/t16-/m1/s1. The Morgan fingerprint density at radius 3 is 2.55 bits per heavy atom. The highest BCUT2D eigenvalue weighted by Crippen LogP contribution is 2.21. The number of halogens is 1. The van der Waals surface area contributed by atoms with Crippen LogP contribution in [0.1, 0.15) is 36.5 Å². The van der Waals surface area contributed by atoms with Crippen LogP contribution in [0.4, 0.5) is 15.8 Å². The third kappa shape index (κ3) is 5.40. The quantitative estimate of drug-likeness (QED) is 0.748. The largest absolute Gasteiger partial charge is 0.342 e. The molecule has 0 saturated carbocycles. The molecule has 1 atom stereocenters. The molecule has 1 fully saturated rings. The van der Waals surface area contributed by atoms with Gasteiger partial charge in [0.1, 0.15) is 5.82 Å². The first-order chi connectivity index (χ1) is 14.0. The number of carbonyl (C=O) groups excluding carboxylic acids is 3. The monoisotopic (exact) mass is 397 g/mol. The lowest BCUT2D eigenvalue weighted by molar-refractivity contribution is -0.128. The zero-order valence-electron chi connectivity index (χ0n) is 16.3. The van der Waals surface area contributed by atoms with Gasteiger partial charge in [0.2, 0.25) is 11.8 Å². The Morgan fingerprint density at radius 2 is 1.86 bits per heavy atom. The number of nitrogens with zero attached hydrogens (tertiary/aromatic N) is 1. The van der Waals surface area contributed by atoms with Crippen molar-refractivity contribution in [3.8, 4) is 0 Å². The van der Waals surface area contributed by atoms with Crippen molar-refractivity contribution in [2.24, 2.45) is 5.92 Å². The zero-order chi connectivity index (χ0) is 20.8. The van der Waals surface area contributed by atoms with E-state index in [1.54, 1.807) is 35.2 Å². The lowest BCUT2D eigenvalue weighted by Gasteiger charge is -2.16. The number of unbranched alkanes of at least 4 members (excludes halogenated alkanes) is 1. The molecule has 3 amide bonds. The van der Waals surface area contributed by atoms with Crippen LogP contribution in [-0.4, -0.2) is 35.7 Å². The Hall–Kier alpha value is -3.22. The van der Waals surface area contributed by atoms with E-state index in [2.05, 4.69) is 17.6 Å². The Balaban J connectivity index is 1.55. The van der Waals surface area contributed by atoms with Crippen molar-refractivity contribution in [1.29, 1.82) is 0 Å². The maximum atomic E-state index is 13.2. The molecule has 0 bridgehead atoms. The van der Waals surface area contributed by atoms with Crippen LogP contribution in [0.25, 0.3) is 0 Å². The second-order valence-electron chi connectivity index (χ2n) is 7.13. The van der Waals surface area contributed by atoms with E-state index in [1.165, 1.54) is 18.2 Å². The summed E-state index contributed by atoms with van der Waals surface area (Å²) in [5, 5.41) is 5.43. The highest BCUT2D eigenvalue weighted by atomic mass is 19.1. The van der Waals surface area contributed by atoms with Gasteiger partial charge < -0.3 is 15.5 Å². The number of benzene rings is 2. The Labute approximate surface area is 169 Å². The van der Waals surface area contributed by atoms with Crippen LogP contribution >= 0.6 is 0 Å². The van der Waals surface area contributed by atoms with Gasteiger partial charge in [-0.2, -0.15) is 0 Å². The fourth-order valence-electron chi connectivity index (χ4n) is 3.23. The third-order valence-electron chi connectivity index (χ3n) is 4.86. The van der Waals surface area contributed by atoms with Crippen molar-refractivity contribution in [1.82, 2.24) is 4.90 Å². The number of hydrogen-bond donors (Lipinski definition) is 2. The van der Waals surface area contributed by atoms with Gasteiger partial charge in [-0.3, -0.25) is 14.4 Å². The number of rotatable bonds is 7. The molecule has 1 saturated heterocycles. The smallest absolute Gasteiger partial charge is 0.255 e. The molecule has 7 heteroatoms. The van der Waals surface area contributed by atoms with E-state index < -0.39 is 5.82 Å². The van der Waals surface area contributed by atoms with Gasteiger partial charge in [-0.05, 0) is 48.9 Å². The van der Waals surface area contributed by atoms with Gasteiger partial charge in [-0.15, -0.1) is 0 Å². The summed E-state index contributed by atoms with van der Waals surface area (Å²) >= 11 is 0. The molecule has 0 radical (unpaired) electrons. The van der Waals surface area contributed by atoms with Crippen molar-refractivity contribution in [2.75, 3.05) is 23.7 Å². The second-order valence-corrected chi connectivity index (χ2v) is 7.13. The van der Waals surface area contributed by atoms with Gasteiger partial charge >= 0.3 is 0 Å². The number of carbonyl (C=O) groups is 3. The first kappa shape index (κ1) is 20.5. The van der Waals surface area contributed by atoms with E-state index in [4.69, 9.17) is 0 Å². The Bertz CT molecular complexity index is 898. The predicted molar refractivity (Wildman–Crippen MR) is 109 cm³/mol. The summed E-state index contributed by atoms with van der Waals surface area (Å²) < 4.78 is 13.2. The molecular weight excluding hydrogens is 373 g/mol. The first-order valence-corrected chi connectivity index (χ1v) is 9.72. The van der Waals surface area contributed by atoms with Crippen molar-refractivity contribution < 1.29 is 18.8 Å². The van der Waals surface area contributed by atoms with E-state index in [9.17, 15) is 18.8 Å². The topological polar surface area (TPSA) is 78.5 Å². The fraction of sp³-hybridized carbons (Fsp3) is 0.318. The van der Waals surface area contributed by atoms with Crippen LogP contribution in [0.5, 0.6) is 0 Å². The molecule has 1 heterocycles. The van der Waals surface area contributed by atoms with Gasteiger partial charge in [-0.1, -0.05) is 19.4 Å². The van der Waals surface area contributed by atoms with Crippen LogP contribution in [0, 0.1) is 11.7 Å². The SMILES string of the molecule is CCCCN1C[C@H](C(=O)Nc2ccc(C(=O)Nc3cccc(F)c3)cc2)CC1=O. The molecule has 1 aliphatic heterocycles. The van der Waals surface area contributed by atoms with Gasteiger partial charge in [-0.25, -0.2) is 4.39 Å². The van der Waals surface area contributed by atoms with Crippen LogP contribution < -0.4 is 10.6 Å². The van der Waals surface area contributed by atoms with Crippen LogP contribution in [0.2, 0.25) is 0 Å². The average molecular weight is 397 g/mol. The van der Waals surface area contributed by atoms with Crippen molar-refractivity contribution in [2.45, 2.75) is 26.2 Å². The molecule has 0 unspecified atom stereocenters. The number of hydrogen-bond acceptors (Lipinski definition) is 3. The molecule has 3 rings (SSSR count). The van der Waals surface area contributed by atoms with E-state index in [0.717, 1.165) is 12.8 Å². The lowest BCUT2D eigenvalue weighted by Crippen LogP contribution is -2.29. The summed E-state index contributed by atoms with van der Waals surface area (Å²) in [6, 6.07) is 12.1. The summed E-state index contributed by atoms with van der Waals surface area (Å²) in [6.07, 6.45) is 2.16. The number of amides is 3. The van der Waals surface area contributed by atoms with Crippen molar-refractivity contribution in [3.63, 3.8) is 0 Å². The molecule has 2 aromatic rings. The highest BCUT2D eigenvalue weighted by Gasteiger charge is 2.33. The van der Waals surface area contributed by atoms with Crippen LogP contribution in [0.3, 0.4) is 0 Å². The van der Waals surface area contributed by atoms with Gasteiger partial charge in [0.05, 0.1) is 5.92 Å². The number of anilines is 2. The van der Waals surface area contributed by atoms with Gasteiger partial charge in [0, 0.05) is 36.4 Å². The summed E-state index contributed by atoms with van der Waals surface area (Å²) in [6.45, 7) is 3.19. The minimum atomic E-state index is -0.431. The second kappa shape index (κ2) is 9.32. The van der Waals surface area contributed by atoms with Gasteiger partial charge in [0.25, 0.3) is 5.91 Å². The normalized spacial score (nSPS) is 16.0. The summed E-state index contributed by atoms with van der Waals surface area (Å²) in [4.78, 5) is 38.5. The molecule has 0 aromatic heterocycles. The minimum Gasteiger partial charge on any atom is -0.342 e. The molecule has 6 nitrogen and oxygen atoms in total. The third-order valence-corrected chi connectivity index (χ3v) is 4.86. The van der Waals surface area contributed by atoms with E-state index in [0.29, 0.717) is 30.0 Å². The molecule has 0 spiro atoms. The fourth-order valence-corrected chi connectivity index (χ4v) is 3.23. The maximum absolute atomic E-state index is 13.2. The summed E-state index contributed by atoms with van der Waals surface area (Å²) in [5.41, 5.74) is 1.30. The summed E-state index contributed by atoms with van der Waals surface area (Å²) in [5.74, 6) is -1.35. The predicted octanol–water partition coefficient (Wildman–Crippen LogP) is 3.67. The molecule has 152 valence electrons. The molecule has 2 N–H and O–H groups in total. The van der Waals surface area contributed by atoms with Crippen LogP contribution in [0.15, 0.2) is 48.5 Å². The van der Waals surface area contributed by atoms with E-state index in [-0.39, 0.29) is 30.1 Å². The number of nitrogens with one attached hydrogen (secondary N) is 2. The van der Waals surface area contributed by atoms with Crippen molar-refractivity contribution >= 4 is 29.1 Å². The molecular formula is C22H24FN3O3. The van der Waals surface area contributed by atoms with Crippen LogP contribution in [-0.2, 0) is 9.59 Å². The molecule has 29 heavy (non-hydrogen) atoms. The maximum Gasteiger partial charge on any atom is 0.255 e. The van der Waals surface area contributed by atoms with Gasteiger partial charge in [0.15, 0.2) is 0 Å². The highest BCUT2D eigenvalue weighted by molar-refractivity contribution is 6.04. The minimum absolute atomic E-state index is 0.0166. The average Bonchev–Trinajstić information content (AvgIpc) is 3.07. The summed E-state index contributed by atoms with van der Waals surface area (Å²) in [7, 11) is 0. The zero-order valence-corrected chi connectivity index (χ0v) is 16.3. The Kier molecular flexibility index (Phi) is 6.59. The molecule has 1 aliphatic rings.